The number of fused-ring (bicyclic) bond motifs is 1. The molecule has 0 spiro atoms. The molecule has 0 radical (unpaired) electrons. The maximum Gasteiger partial charge on any atom is 0.264 e. The first kappa shape index (κ1) is 18.8. The molecule has 7 heteroatoms. The summed E-state index contributed by atoms with van der Waals surface area (Å²) >= 11 is 1.47. The molecule has 0 aliphatic carbocycles. The van der Waals surface area contributed by atoms with Crippen LogP contribution in [-0.2, 0) is 6.54 Å². The molecule has 1 fully saturated rings. The highest BCUT2D eigenvalue weighted by Gasteiger charge is 2.26. The lowest BCUT2D eigenvalue weighted by molar-refractivity contribution is 0.0701. The SMILES string of the molecule is Cc1cccc(CNc2ncnc3sc(C(=O)N4CCC(C)CC4)c(C)c23)n1. The number of rotatable bonds is 4. The summed E-state index contributed by atoms with van der Waals surface area (Å²) in [6.07, 6.45) is 3.71. The van der Waals surface area contributed by atoms with Crippen molar-refractivity contribution in [1.82, 2.24) is 19.9 Å². The first-order valence-electron chi connectivity index (χ1n) is 9.72. The Morgan fingerprint density at radius 3 is 2.79 bits per heavy atom. The van der Waals surface area contributed by atoms with Crippen LogP contribution in [0.5, 0.6) is 0 Å². The minimum absolute atomic E-state index is 0.124. The first-order chi connectivity index (χ1) is 13.5. The number of piperidine rings is 1. The summed E-state index contributed by atoms with van der Waals surface area (Å²) in [5, 5.41) is 4.32. The van der Waals surface area contributed by atoms with E-state index in [-0.39, 0.29) is 5.91 Å². The van der Waals surface area contributed by atoms with Crippen molar-refractivity contribution in [2.24, 2.45) is 5.92 Å². The third-order valence-electron chi connectivity index (χ3n) is 5.37. The zero-order valence-electron chi connectivity index (χ0n) is 16.5. The van der Waals surface area contributed by atoms with Crippen LogP contribution >= 0.6 is 11.3 Å². The van der Waals surface area contributed by atoms with Gasteiger partial charge in [0.25, 0.3) is 5.91 Å². The molecule has 0 saturated carbocycles. The normalized spacial score (nSPS) is 15.2. The molecular formula is C21H25N5OS. The van der Waals surface area contributed by atoms with Gasteiger partial charge in [0.1, 0.15) is 17.0 Å². The molecular weight excluding hydrogens is 370 g/mol. The van der Waals surface area contributed by atoms with Crippen molar-refractivity contribution in [2.45, 2.75) is 40.2 Å². The summed E-state index contributed by atoms with van der Waals surface area (Å²) in [4.78, 5) is 30.1. The van der Waals surface area contributed by atoms with Crippen molar-refractivity contribution < 1.29 is 4.79 Å². The second-order valence-electron chi connectivity index (χ2n) is 7.56. The number of aryl methyl sites for hydroxylation is 2. The van der Waals surface area contributed by atoms with E-state index in [4.69, 9.17) is 0 Å². The van der Waals surface area contributed by atoms with E-state index < -0.39 is 0 Å². The Morgan fingerprint density at radius 2 is 2.04 bits per heavy atom. The van der Waals surface area contributed by atoms with Gasteiger partial charge in [-0.25, -0.2) is 9.97 Å². The molecule has 146 valence electrons. The highest BCUT2D eigenvalue weighted by atomic mass is 32.1. The quantitative estimate of drug-likeness (QED) is 0.717. The van der Waals surface area contributed by atoms with Crippen LogP contribution in [0.15, 0.2) is 24.5 Å². The van der Waals surface area contributed by atoms with E-state index in [1.54, 1.807) is 6.33 Å². The zero-order valence-corrected chi connectivity index (χ0v) is 17.3. The fourth-order valence-corrected chi connectivity index (χ4v) is 4.75. The third kappa shape index (κ3) is 3.71. The van der Waals surface area contributed by atoms with Gasteiger partial charge < -0.3 is 10.2 Å². The summed E-state index contributed by atoms with van der Waals surface area (Å²) in [5.41, 5.74) is 2.91. The van der Waals surface area contributed by atoms with E-state index in [9.17, 15) is 4.79 Å². The zero-order chi connectivity index (χ0) is 19.7. The molecule has 0 bridgehead atoms. The molecule has 1 aliphatic heterocycles. The molecule has 6 nitrogen and oxygen atoms in total. The molecule has 0 atom stereocenters. The number of amides is 1. The summed E-state index contributed by atoms with van der Waals surface area (Å²) in [6.45, 7) is 8.49. The molecule has 1 saturated heterocycles. The Labute approximate surface area is 169 Å². The average molecular weight is 396 g/mol. The van der Waals surface area contributed by atoms with Gasteiger partial charge in [0.15, 0.2) is 0 Å². The summed E-state index contributed by atoms with van der Waals surface area (Å²) in [6, 6.07) is 5.97. The lowest BCUT2D eigenvalue weighted by atomic mass is 9.99. The number of carbonyl (C=O) groups is 1. The Balaban J connectivity index is 1.60. The van der Waals surface area contributed by atoms with Crippen LogP contribution in [0.2, 0.25) is 0 Å². The molecule has 1 aliphatic rings. The predicted octanol–water partition coefficient (Wildman–Crippen LogP) is 4.19. The number of pyridine rings is 1. The van der Waals surface area contributed by atoms with Gasteiger partial charge in [-0.05, 0) is 50.3 Å². The van der Waals surface area contributed by atoms with E-state index in [1.165, 1.54) is 11.3 Å². The predicted molar refractivity (Wildman–Crippen MR) is 113 cm³/mol. The van der Waals surface area contributed by atoms with Gasteiger partial charge >= 0.3 is 0 Å². The van der Waals surface area contributed by atoms with Gasteiger partial charge in [-0.2, -0.15) is 0 Å². The molecule has 4 heterocycles. The molecule has 1 amide bonds. The van der Waals surface area contributed by atoms with E-state index in [1.807, 2.05) is 36.9 Å². The van der Waals surface area contributed by atoms with Crippen molar-refractivity contribution in [2.75, 3.05) is 18.4 Å². The van der Waals surface area contributed by atoms with Crippen molar-refractivity contribution in [3.05, 3.63) is 46.4 Å². The number of nitrogens with one attached hydrogen (secondary N) is 1. The van der Waals surface area contributed by atoms with Crippen molar-refractivity contribution in [3.8, 4) is 0 Å². The summed E-state index contributed by atoms with van der Waals surface area (Å²) < 4.78 is 0. The van der Waals surface area contributed by atoms with Crippen molar-refractivity contribution >= 4 is 33.3 Å². The van der Waals surface area contributed by atoms with E-state index in [2.05, 4.69) is 27.2 Å². The number of aromatic nitrogens is 3. The largest absolute Gasteiger partial charge is 0.364 e. The van der Waals surface area contributed by atoms with Crippen molar-refractivity contribution in [1.29, 1.82) is 0 Å². The Kier molecular flexibility index (Phi) is 5.26. The Morgan fingerprint density at radius 1 is 1.25 bits per heavy atom. The van der Waals surface area contributed by atoms with Crippen LogP contribution in [0.3, 0.4) is 0 Å². The van der Waals surface area contributed by atoms with Crippen LogP contribution in [0.1, 0.15) is 46.4 Å². The molecule has 1 N–H and O–H groups in total. The first-order valence-corrected chi connectivity index (χ1v) is 10.5. The molecule has 3 aromatic rings. The highest BCUT2D eigenvalue weighted by Crippen LogP contribution is 2.34. The smallest absolute Gasteiger partial charge is 0.264 e. The molecule has 3 aromatic heterocycles. The number of hydrogen-bond donors (Lipinski definition) is 1. The summed E-state index contributed by atoms with van der Waals surface area (Å²) in [5.74, 6) is 1.58. The van der Waals surface area contributed by atoms with Crippen LogP contribution in [-0.4, -0.2) is 38.8 Å². The van der Waals surface area contributed by atoms with Gasteiger partial charge in [0.2, 0.25) is 0 Å². The van der Waals surface area contributed by atoms with Crippen LogP contribution < -0.4 is 5.32 Å². The minimum atomic E-state index is 0.124. The molecule has 28 heavy (non-hydrogen) atoms. The fourth-order valence-electron chi connectivity index (χ4n) is 3.64. The number of hydrogen-bond acceptors (Lipinski definition) is 6. The van der Waals surface area contributed by atoms with Gasteiger partial charge in [0, 0.05) is 18.8 Å². The summed E-state index contributed by atoms with van der Waals surface area (Å²) in [7, 11) is 0. The molecule has 4 rings (SSSR count). The van der Waals surface area contributed by atoms with Gasteiger partial charge in [-0.1, -0.05) is 13.0 Å². The third-order valence-corrected chi connectivity index (χ3v) is 6.56. The van der Waals surface area contributed by atoms with Gasteiger partial charge in [-0.3, -0.25) is 9.78 Å². The minimum Gasteiger partial charge on any atom is -0.364 e. The second-order valence-corrected chi connectivity index (χ2v) is 8.56. The molecule has 0 unspecified atom stereocenters. The number of thiophene rings is 1. The second kappa shape index (κ2) is 7.83. The number of carbonyl (C=O) groups excluding carboxylic acids is 1. The number of anilines is 1. The Bertz CT molecular complexity index is 1010. The Hall–Kier alpha value is -2.54. The van der Waals surface area contributed by atoms with E-state index in [0.29, 0.717) is 12.5 Å². The van der Waals surface area contributed by atoms with Gasteiger partial charge in [-0.15, -0.1) is 11.3 Å². The fraction of sp³-hybridized carbons (Fsp3) is 0.429. The monoisotopic (exact) mass is 395 g/mol. The van der Waals surface area contributed by atoms with Gasteiger partial charge in [0.05, 0.1) is 22.5 Å². The standard InChI is InChI=1S/C21H25N5OS/c1-13-7-9-26(10-8-13)21(27)18-15(3)17-19(23-12-24-20(17)28-18)22-11-16-6-4-5-14(2)25-16/h4-6,12-13H,7-11H2,1-3H3,(H,22,23,24). The van der Waals surface area contributed by atoms with E-state index >= 15 is 0 Å². The average Bonchev–Trinajstić information content (AvgIpc) is 3.04. The maximum atomic E-state index is 13.1. The van der Waals surface area contributed by atoms with Crippen LogP contribution in [0.4, 0.5) is 5.82 Å². The topological polar surface area (TPSA) is 71.0 Å². The highest BCUT2D eigenvalue weighted by molar-refractivity contribution is 7.20. The lowest BCUT2D eigenvalue weighted by Gasteiger charge is -2.30. The lowest BCUT2D eigenvalue weighted by Crippen LogP contribution is -2.37. The van der Waals surface area contributed by atoms with E-state index in [0.717, 1.165) is 63.8 Å². The van der Waals surface area contributed by atoms with Crippen LogP contribution in [0.25, 0.3) is 10.2 Å². The molecule has 0 aromatic carbocycles. The number of nitrogens with zero attached hydrogens (tertiary/aromatic N) is 4. The number of likely N-dealkylation sites (tertiary alicyclic amines) is 1. The van der Waals surface area contributed by atoms with Crippen LogP contribution in [0, 0.1) is 19.8 Å². The van der Waals surface area contributed by atoms with Crippen molar-refractivity contribution in [3.63, 3.8) is 0 Å². The maximum absolute atomic E-state index is 13.1.